The molecule has 1 aliphatic heterocycles. The Morgan fingerprint density at radius 2 is 1.50 bits per heavy atom. The van der Waals surface area contributed by atoms with Crippen LogP contribution < -0.4 is 10.6 Å². The van der Waals surface area contributed by atoms with Gasteiger partial charge in [-0.05, 0) is 66.6 Å². The minimum Gasteiger partial charge on any atom is -0.381 e. The van der Waals surface area contributed by atoms with E-state index >= 15 is 0 Å². The molecule has 0 atom stereocenters. The summed E-state index contributed by atoms with van der Waals surface area (Å²) in [4.78, 5) is 8.92. The molecular formula is C22H24N4. The first-order valence-electron chi connectivity index (χ1n) is 9.31. The fraction of sp³-hybridized carbons (Fsp3) is 0.273. The van der Waals surface area contributed by atoms with E-state index in [1.807, 2.05) is 24.7 Å². The smallest absolute Gasteiger partial charge is 0.0634 e. The summed E-state index contributed by atoms with van der Waals surface area (Å²) in [5.41, 5.74) is 7.39. The van der Waals surface area contributed by atoms with Gasteiger partial charge in [0.2, 0.25) is 0 Å². The van der Waals surface area contributed by atoms with Crippen LogP contribution in [0.5, 0.6) is 0 Å². The molecule has 0 unspecified atom stereocenters. The molecule has 4 heteroatoms. The lowest BCUT2D eigenvalue weighted by Crippen LogP contribution is -2.10. The van der Waals surface area contributed by atoms with E-state index in [0.29, 0.717) is 0 Å². The van der Waals surface area contributed by atoms with Gasteiger partial charge in [-0.2, -0.15) is 0 Å². The molecule has 0 bridgehead atoms. The van der Waals surface area contributed by atoms with Gasteiger partial charge < -0.3 is 10.6 Å². The highest BCUT2D eigenvalue weighted by Gasteiger charge is 2.09. The summed E-state index contributed by atoms with van der Waals surface area (Å²) in [6.07, 6.45) is 10.1. The van der Waals surface area contributed by atoms with Gasteiger partial charge in [0.1, 0.15) is 0 Å². The number of aromatic nitrogens is 2. The number of fused-ring (bicyclic) bond motifs is 3. The molecular weight excluding hydrogens is 320 g/mol. The van der Waals surface area contributed by atoms with Crippen molar-refractivity contribution in [1.29, 1.82) is 0 Å². The lowest BCUT2D eigenvalue weighted by atomic mass is 10.0. The molecule has 26 heavy (non-hydrogen) atoms. The minimum atomic E-state index is 0.755. The zero-order valence-electron chi connectivity index (χ0n) is 14.9. The molecule has 3 heterocycles. The largest absolute Gasteiger partial charge is 0.381 e. The second-order valence-corrected chi connectivity index (χ2v) is 6.71. The summed E-state index contributed by atoms with van der Waals surface area (Å²) in [5, 5.41) is 7.19. The minimum absolute atomic E-state index is 0.755. The fourth-order valence-corrected chi connectivity index (χ4v) is 3.49. The summed E-state index contributed by atoms with van der Waals surface area (Å²) in [7, 11) is 0. The Kier molecular flexibility index (Phi) is 5.10. The fourth-order valence-electron chi connectivity index (χ4n) is 3.49. The summed E-state index contributed by atoms with van der Waals surface area (Å²) < 4.78 is 0. The molecule has 4 nitrogen and oxygen atoms in total. The van der Waals surface area contributed by atoms with E-state index in [4.69, 9.17) is 0 Å². The Morgan fingerprint density at radius 3 is 2.50 bits per heavy atom. The van der Waals surface area contributed by atoms with E-state index in [0.717, 1.165) is 50.2 Å². The average Bonchev–Trinajstić information content (AvgIpc) is 2.69. The van der Waals surface area contributed by atoms with Gasteiger partial charge in [0.25, 0.3) is 0 Å². The van der Waals surface area contributed by atoms with Crippen LogP contribution in [0.1, 0.15) is 35.2 Å². The lowest BCUT2D eigenvalue weighted by molar-refractivity contribution is 0.723. The molecule has 0 fully saturated rings. The van der Waals surface area contributed by atoms with E-state index in [-0.39, 0.29) is 0 Å². The summed E-state index contributed by atoms with van der Waals surface area (Å²) in [6.45, 7) is 1.56. The molecule has 2 N–H and O–H groups in total. The Morgan fingerprint density at radius 1 is 0.692 bits per heavy atom. The highest BCUT2D eigenvalue weighted by Crippen LogP contribution is 2.22. The average molecular weight is 344 g/mol. The quantitative estimate of drug-likeness (QED) is 0.627. The van der Waals surface area contributed by atoms with Crippen LogP contribution in [0.15, 0.2) is 61.1 Å². The van der Waals surface area contributed by atoms with E-state index in [1.54, 1.807) is 0 Å². The zero-order chi connectivity index (χ0) is 17.6. The van der Waals surface area contributed by atoms with Crippen LogP contribution in [0.25, 0.3) is 0 Å². The van der Waals surface area contributed by atoms with Crippen molar-refractivity contribution in [2.24, 2.45) is 0 Å². The van der Waals surface area contributed by atoms with Crippen LogP contribution in [0, 0.1) is 0 Å². The molecule has 1 aromatic carbocycles. The van der Waals surface area contributed by atoms with Crippen molar-refractivity contribution in [3.05, 3.63) is 83.4 Å². The standard InChI is InChI=1S/C22H24N4/c1-3-8-20-17(6-1)7-2-4-9-21-22(10-5-12-24-21)26-16-19-14-23-13-11-18(19)15-25-20/h1,3,5-6,8,10-14,25-26H,2,4,7,9,15-16H2. The number of hydrogen-bond acceptors (Lipinski definition) is 4. The Hall–Kier alpha value is -2.88. The molecule has 3 aromatic rings. The predicted octanol–water partition coefficient (Wildman–Crippen LogP) is 4.58. The molecule has 0 saturated heterocycles. The molecule has 0 saturated carbocycles. The molecule has 0 amide bonds. The van der Waals surface area contributed by atoms with E-state index in [1.165, 1.54) is 22.4 Å². The third-order valence-electron chi connectivity index (χ3n) is 4.96. The predicted molar refractivity (Wildman–Crippen MR) is 106 cm³/mol. The van der Waals surface area contributed by atoms with Gasteiger partial charge in [-0.25, -0.2) is 0 Å². The number of anilines is 2. The van der Waals surface area contributed by atoms with Gasteiger partial charge in [0.15, 0.2) is 0 Å². The summed E-state index contributed by atoms with van der Waals surface area (Å²) in [6, 6.07) is 14.9. The lowest BCUT2D eigenvalue weighted by Gasteiger charge is -2.17. The van der Waals surface area contributed by atoms with Crippen LogP contribution in [0.3, 0.4) is 0 Å². The summed E-state index contributed by atoms with van der Waals surface area (Å²) in [5.74, 6) is 0. The van der Waals surface area contributed by atoms with Gasteiger partial charge in [0, 0.05) is 37.4 Å². The Labute approximate surface area is 154 Å². The third-order valence-corrected chi connectivity index (χ3v) is 4.96. The first-order valence-corrected chi connectivity index (χ1v) is 9.31. The maximum absolute atomic E-state index is 4.60. The third kappa shape index (κ3) is 3.85. The van der Waals surface area contributed by atoms with Crippen molar-refractivity contribution in [3.8, 4) is 0 Å². The maximum atomic E-state index is 4.60. The van der Waals surface area contributed by atoms with Gasteiger partial charge >= 0.3 is 0 Å². The number of aryl methyl sites for hydroxylation is 2. The summed E-state index contributed by atoms with van der Waals surface area (Å²) >= 11 is 0. The molecule has 1 aliphatic rings. The first kappa shape index (κ1) is 16.6. The maximum Gasteiger partial charge on any atom is 0.0634 e. The van der Waals surface area contributed by atoms with Crippen molar-refractivity contribution in [2.75, 3.05) is 10.6 Å². The van der Waals surface area contributed by atoms with Crippen LogP contribution in [-0.2, 0) is 25.9 Å². The highest BCUT2D eigenvalue weighted by atomic mass is 14.9. The van der Waals surface area contributed by atoms with Crippen LogP contribution in [-0.4, -0.2) is 9.97 Å². The van der Waals surface area contributed by atoms with Crippen molar-refractivity contribution in [1.82, 2.24) is 9.97 Å². The molecule has 4 rings (SSSR count). The number of rotatable bonds is 0. The van der Waals surface area contributed by atoms with Gasteiger partial charge in [-0.3, -0.25) is 9.97 Å². The highest BCUT2D eigenvalue weighted by molar-refractivity contribution is 5.52. The van der Waals surface area contributed by atoms with Crippen molar-refractivity contribution in [2.45, 2.75) is 38.8 Å². The second kappa shape index (κ2) is 8.00. The van der Waals surface area contributed by atoms with Crippen molar-refractivity contribution < 1.29 is 0 Å². The number of pyridine rings is 2. The Bertz CT molecular complexity index is 803. The van der Waals surface area contributed by atoms with E-state index in [2.05, 4.69) is 57.0 Å². The topological polar surface area (TPSA) is 49.8 Å². The van der Waals surface area contributed by atoms with Crippen molar-refractivity contribution in [3.63, 3.8) is 0 Å². The molecule has 132 valence electrons. The number of nitrogens with one attached hydrogen (secondary N) is 2. The molecule has 2 aromatic heterocycles. The van der Waals surface area contributed by atoms with E-state index in [9.17, 15) is 0 Å². The van der Waals surface area contributed by atoms with Gasteiger partial charge in [0.05, 0.1) is 11.4 Å². The number of benzene rings is 1. The van der Waals surface area contributed by atoms with Crippen molar-refractivity contribution >= 4 is 11.4 Å². The molecule has 0 spiro atoms. The number of nitrogens with zero attached hydrogens (tertiary/aromatic N) is 2. The normalized spacial score (nSPS) is 14.6. The molecule has 0 aliphatic carbocycles. The monoisotopic (exact) mass is 344 g/mol. The number of para-hydroxylation sites is 1. The number of hydrogen-bond donors (Lipinski definition) is 2. The van der Waals surface area contributed by atoms with E-state index < -0.39 is 0 Å². The van der Waals surface area contributed by atoms with Gasteiger partial charge in [-0.1, -0.05) is 18.2 Å². The van der Waals surface area contributed by atoms with Crippen LogP contribution >= 0.6 is 0 Å². The SMILES string of the molecule is c1ccc2c(c1)CCCCc1ncccc1NCc1cnccc1CN2. The second-order valence-electron chi connectivity index (χ2n) is 6.71. The van der Waals surface area contributed by atoms with Crippen LogP contribution in [0.2, 0.25) is 0 Å². The zero-order valence-corrected chi connectivity index (χ0v) is 14.9. The van der Waals surface area contributed by atoms with Crippen LogP contribution in [0.4, 0.5) is 11.4 Å². The first-order chi connectivity index (χ1) is 12.9. The van der Waals surface area contributed by atoms with Gasteiger partial charge in [-0.15, -0.1) is 0 Å². The molecule has 0 radical (unpaired) electrons. The Balaban J connectivity index is 1.65.